The molecule has 52 valence electrons. The highest BCUT2D eigenvalue weighted by Crippen LogP contribution is 2.22. The molecule has 9 heavy (non-hydrogen) atoms. The molecule has 0 aliphatic carbocycles. The highest BCUT2D eigenvalue weighted by molar-refractivity contribution is 4.94. The van der Waals surface area contributed by atoms with E-state index >= 15 is 0 Å². The maximum absolute atomic E-state index is 9.18. The first-order valence-corrected chi connectivity index (χ1v) is 2.82. The number of hydrogen-bond donors (Lipinski definition) is 2. The average molecular weight is 130 g/mol. The van der Waals surface area contributed by atoms with Crippen LogP contribution in [0.4, 0.5) is 0 Å². The lowest BCUT2D eigenvalue weighted by Crippen LogP contribution is -2.39. The van der Waals surface area contributed by atoms with E-state index in [2.05, 4.69) is 0 Å². The molecule has 0 bridgehead atoms. The molecule has 1 saturated heterocycles. The van der Waals surface area contributed by atoms with E-state index in [1.807, 2.05) is 0 Å². The van der Waals surface area contributed by atoms with Crippen LogP contribution >= 0.6 is 0 Å². The molecule has 3 atom stereocenters. The molecule has 1 aliphatic rings. The zero-order valence-electron chi connectivity index (χ0n) is 5.24. The van der Waals surface area contributed by atoms with Gasteiger partial charge in [0.1, 0.15) is 11.7 Å². The van der Waals surface area contributed by atoms with E-state index in [1.165, 1.54) is 6.92 Å². The normalized spacial score (nSPS) is 52.0. The van der Waals surface area contributed by atoms with E-state index in [1.54, 1.807) is 0 Å². The molecule has 2 radical (unpaired) electrons. The number of hydrogen-bond acceptors (Lipinski definition) is 3. The number of ether oxygens (including phenoxy) is 1. The van der Waals surface area contributed by atoms with Gasteiger partial charge in [-0.15, -0.1) is 0 Å². The van der Waals surface area contributed by atoms with Gasteiger partial charge in [-0.2, -0.15) is 0 Å². The second-order valence-electron chi connectivity index (χ2n) is 2.58. The Morgan fingerprint density at radius 2 is 2.33 bits per heavy atom. The summed E-state index contributed by atoms with van der Waals surface area (Å²) in [6.45, 7) is 6.82. The highest BCUT2D eigenvalue weighted by Gasteiger charge is 2.41. The molecule has 0 spiro atoms. The van der Waals surface area contributed by atoms with E-state index < -0.39 is 17.8 Å². The Balaban J connectivity index is 2.62. The molecule has 1 fully saturated rings. The van der Waals surface area contributed by atoms with Crippen molar-refractivity contribution in [3.8, 4) is 0 Å². The van der Waals surface area contributed by atoms with Crippen molar-refractivity contribution in [2.45, 2.75) is 24.7 Å². The van der Waals surface area contributed by atoms with Crippen LogP contribution in [0.5, 0.6) is 0 Å². The van der Waals surface area contributed by atoms with Gasteiger partial charge in [-0.3, -0.25) is 0 Å². The van der Waals surface area contributed by atoms with E-state index in [0.717, 1.165) is 0 Å². The van der Waals surface area contributed by atoms with Crippen molar-refractivity contribution in [1.82, 2.24) is 0 Å². The van der Waals surface area contributed by atoms with Crippen LogP contribution in [-0.2, 0) is 4.74 Å². The van der Waals surface area contributed by atoms with E-state index in [9.17, 15) is 5.11 Å². The quantitative estimate of drug-likeness (QED) is 0.451. The summed E-state index contributed by atoms with van der Waals surface area (Å²) in [7, 11) is 0. The summed E-state index contributed by atoms with van der Waals surface area (Å²) in [5.74, 6) is 0. The molecular weight excluding hydrogens is 120 g/mol. The van der Waals surface area contributed by atoms with E-state index in [4.69, 9.17) is 16.8 Å². The van der Waals surface area contributed by atoms with Crippen LogP contribution in [-0.4, -0.2) is 34.6 Å². The zero-order valence-corrected chi connectivity index (χ0v) is 5.24. The number of rotatable bonds is 0. The summed E-state index contributed by atoms with van der Waals surface area (Å²) in [5, 5.41) is 18.2. The van der Waals surface area contributed by atoms with Gasteiger partial charge < -0.3 is 14.9 Å². The minimum absolute atomic E-state index is 0.106. The third-order valence-electron chi connectivity index (χ3n) is 1.52. The van der Waals surface area contributed by atoms with Crippen molar-refractivity contribution in [1.29, 1.82) is 0 Å². The largest absolute Gasteiger partial charge is 0.387 e. The first-order valence-electron chi connectivity index (χ1n) is 2.82. The molecule has 0 saturated carbocycles. The molecule has 3 nitrogen and oxygen atoms in total. The molecule has 2 N–H and O–H groups in total. The van der Waals surface area contributed by atoms with Crippen LogP contribution in [0.2, 0.25) is 0 Å². The van der Waals surface area contributed by atoms with Gasteiger partial charge >= 0.3 is 0 Å². The van der Waals surface area contributed by atoms with Crippen molar-refractivity contribution >= 4 is 0 Å². The van der Waals surface area contributed by atoms with Crippen LogP contribution in [0, 0.1) is 6.92 Å². The summed E-state index contributed by atoms with van der Waals surface area (Å²) in [4.78, 5) is 0. The molecule has 1 aliphatic heterocycles. The highest BCUT2D eigenvalue weighted by atomic mass is 16.5. The minimum Gasteiger partial charge on any atom is -0.387 e. The predicted molar refractivity (Wildman–Crippen MR) is 30.7 cm³/mol. The Morgan fingerprint density at radius 1 is 1.78 bits per heavy atom. The first kappa shape index (κ1) is 6.99. The van der Waals surface area contributed by atoms with Gasteiger partial charge in [0.25, 0.3) is 0 Å². The molecule has 1 rings (SSSR count). The lowest BCUT2D eigenvalue weighted by Gasteiger charge is -2.19. The molecule has 0 aromatic heterocycles. The molecule has 1 heterocycles. The summed E-state index contributed by atoms with van der Waals surface area (Å²) in [6, 6.07) is 0. The summed E-state index contributed by atoms with van der Waals surface area (Å²) in [5.41, 5.74) is -1.17. The number of aliphatic hydroxyl groups excluding tert-OH is 1. The Kier molecular flexibility index (Phi) is 1.50. The third-order valence-corrected chi connectivity index (χ3v) is 1.52. The van der Waals surface area contributed by atoms with Crippen LogP contribution in [0.25, 0.3) is 0 Å². The van der Waals surface area contributed by atoms with Crippen molar-refractivity contribution in [3.05, 3.63) is 6.92 Å². The van der Waals surface area contributed by atoms with Crippen LogP contribution in [0.15, 0.2) is 0 Å². The van der Waals surface area contributed by atoms with E-state index in [-0.39, 0.29) is 6.61 Å². The standard InChI is InChI=1S/C6H10O3/c1-4-5(7)6(2,8)3-9-4/h1,4-5,7-8H,3H2,2H3/t4-,5?,6+/m0/s1. The maximum atomic E-state index is 9.18. The molecule has 0 aromatic carbocycles. The smallest absolute Gasteiger partial charge is 0.113 e. The Labute approximate surface area is 54.3 Å². The Hall–Kier alpha value is -0.120. The zero-order chi connectivity index (χ0) is 7.07. The molecular formula is C6H10O3. The van der Waals surface area contributed by atoms with Crippen LogP contribution in [0.1, 0.15) is 6.92 Å². The third kappa shape index (κ3) is 1.08. The fourth-order valence-corrected chi connectivity index (χ4v) is 0.795. The van der Waals surface area contributed by atoms with Gasteiger partial charge in [0.05, 0.1) is 12.7 Å². The van der Waals surface area contributed by atoms with Gasteiger partial charge in [0, 0.05) is 0 Å². The molecule has 3 heteroatoms. The van der Waals surface area contributed by atoms with Gasteiger partial charge in [-0.25, -0.2) is 0 Å². The minimum atomic E-state index is -1.17. The summed E-state index contributed by atoms with van der Waals surface area (Å²) < 4.78 is 4.76. The van der Waals surface area contributed by atoms with Crippen molar-refractivity contribution in [3.63, 3.8) is 0 Å². The van der Waals surface area contributed by atoms with Gasteiger partial charge in [0.15, 0.2) is 0 Å². The molecule has 0 amide bonds. The van der Waals surface area contributed by atoms with Gasteiger partial charge in [0.2, 0.25) is 0 Å². The molecule has 1 unspecified atom stereocenters. The maximum Gasteiger partial charge on any atom is 0.113 e. The molecule has 0 aromatic rings. The first-order chi connectivity index (χ1) is 4.04. The summed E-state index contributed by atoms with van der Waals surface area (Å²) >= 11 is 0. The summed E-state index contributed by atoms with van der Waals surface area (Å²) in [6.07, 6.45) is -1.70. The average Bonchev–Trinajstić information content (AvgIpc) is 1.97. The van der Waals surface area contributed by atoms with Crippen LogP contribution in [0.3, 0.4) is 0 Å². The predicted octanol–water partition coefficient (Wildman–Crippen LogP) is -0.792. The van der Waals surface area contributed by atoms with Gasteiger partial charge in [-0.1, -0.05) is 0 Å². The van der Waals surface area contributed by atoms with Crippen LogP contribution < -0.4 is 0 Å². The van der Waals surface area contributed by atoms with Gasteiger partial charge in [-0.05, 0) is 13.8 Å². The fourth-order valence-electron chi connectivity index (χ4n) is 0.795. The lowest BCUT2D eigenvalue weighted by molar-refractivity contribution is -0.0317. The second-order valence-corrected chi connectivity index (χ2v) is 2.58. The topological polar surface area (TPSA) is 49.7 Å². The Bertz CT molecular complexity index is 111. The Morgan fingerprint density at radius 3 is 2.44 bits per heavy atom. The van der Waals surface area contributed by atoms with Crippen molar-refractivity contribution in [2.75, 3.05) is 6.61 Å². The van der Waals surface area contributed by atoms with Crippen molar-refractivity contribution in [2.24, 2.45) is 0 Å². The fraction of sp³-hybridized carbons (Fsp3) is 0.833. The second kappa shape index (κ2) is 1.94. The SMILES string of the molecule is [CH][C@@H]1OC[C@@](C)(O)C1O. The van der Waals surface area contributed by atoms with Crippen molar-refractivity contribution < 1.29 is 14.9 Å². The lowest BCUT2D eigenvalue weighted by atomic mass is 10.0. The van der Waals surface area contributed by atoms with E-state index in [0.29, 0.717) is 0 Å². The number of aliphatic hydroxyl groups is 2. The monoisotopic (exact) mass is 130 g/mol.